The molecular formula is C27H16Cl6N3O5Sm. The fraction of sp³-hybridized carbons (Fsp3) is 0. The van der Waals surface area contributed by atoms with Gasteiger partial charge in [-0.3, -0.25) is 15.0 Å². The normalized spacial score (nSPS) is 9.86. The van der Waals surface area contributed by atoms with E-state index in [-0.39, 0.29) is 83.7 Å². The first-order valence-corrected chi connectivity index (χ1v) is 13.1. The summed E-state index contributed by atoms with van der Waals surface area (Å²) >= 11 is 34.6. The molecule has 0 fully saturated rings. The van der Waals surface area contributed by atoms with Gasteiger partial charge in [-0.05, 0) is 54.6 Å². The van der Waals surface area contributed by atoms with Gasteiger partial charge < -0.3 is 26.3 Å². The third-order valence-electron chi connectivity index (χ3n) is 5.25. The van der Waals surface area contributed by atoms with Crippen LogP contribution in [0.3, 0.4) is 0 Å². The van der Waals surface area contributed by atoms with Gasteiger partial charge in [-0.25, -0.2) is 0 Å². The predicted molar refractivity (Wildman–Crippen MR) is 161 cm³/mol. The number of aromatic nitrogens is 3. The number of rotatable bonds is 0. The van der Waals surface area contributed by atoms with E-state index in [2.05, 4.69) is 15.0 Å². The van der Waals surface area contributed by atoms with Crippen LogP contribution >= 0.6 is 69.6 Å². The van der Waals surface area contributed by atoms with Gasteiger partial charge in [-0.1, -0.05) is 86.9 Å². The third-order valence-corrected chi connectivity index (χ3v) is 7.03. The van der Waals surface area contributed by atoms with Crippen molar-refractivity contribution in [3.8, 4) is 17.2 Å². The maximum atomic E-state index is 11.4. The molecule has 0 saturated carbocycles. The van der Waals surface area contributed by atoms with E-state index < -0.39 is 0 Å². The van der Waals surface area contributed by atoms with Crippen LogP contribution in [0.5, 0.6) is 17.2 Å². The SMILES string of the molecule is O.O.[O-]c1c(Cl)cc(Cl)c2cccnc12.[O-]c1c(Cl)cc(Cl)c2cccnc12.[O-]c1c(Cl)cc(Cl)c2cccnc12.[Sm+3]. The van der Waals surface area contributed by atoms with Crippen LogP contribution in [0.2, 0.25) is 30.1 Å². The Morgan fingerprint density at radius 2 is 0.667 bits per heavy atom. The van der Waals surface area contributed by atoms with Gasteiger partial charge in [-0.2, -0.15) is 0 Å². The fourth-order valence-corrected chi connectivity index (χ4v) is 4.99. The summed E-state index contributed by atoms with van der Waals surface area (Å²) in [5, 5.41) is 37.9. The molecule has 15 heteroatoms. The first-order valence-electron chi connectivity index (χ1n) is 10.8. The van der Waals surface area contributed by atoms with Crippen molar-refractivity contribution in [2.24, 2.45) is 0 Å². The molecule has 3 heterocycles. The second kappa shape index (κ2) is 17.0. The maximum Gasteiger partial charge on any atom is 3.00 e. The Balaban J connectivity index is 0.000000304. The minimum absolute atomic E-state index is 0. The summed E-state index contributed by atoms with van der Waals surface area (Å²) in [5.74, 6) is -0.829. The number of nitrogens with zero attached hydrogens (tertiary/aromatic N) is 3. The summed E-state index contributed by atoms with van der Waals surface area (Å²) in [6.45, 7) is 0. The van der Waals surface area contributed by atoms with Crippen molar-refractivity contribution < 1.29 is 66.7 Å². The molecule has 6 aromatic rings. The van der Waals surface area contributed by atoms with Crippen molar-refractivity contribution >= 4 is 102 Å². The fourth-order valence-electron chi connectivity index (χ4n) is 3.44. The molecule has 6 rings (SSSR count). The summed E-state index contributed by atoms with van der Waals surface area (Å²) < 4.78 is 0. The topological polar surface area (TPSA) is 171 Å². The average Bonchev–Trinajstić information content (AvgIpc) is 2.94. The van der Waals surface area contributed by atoms with Crippen LogP contribution in [0.1, 0.15) is 0 Å². The molecule has 0 aliphatic rings. The molecule has 0 aliphatic carbocycles. The predicted octanol–water partition coefficient (Wildman–Crippen LogP) is 6.20. The zero-order valence-corrected chi connectivity index (χ0v) is 27.8. The summed E-state index contributed by atoms with van der Waals surface area (Å²) in [5.41, 5.74) is 0.958. The molecule has 42 heavy (non-hydrogen) atoms. The van der Waals surface area contributed by atoms with Crippen LogP contribution in [0.25, 0.3) is 32.7 Å². The molecule has 0 unspecified atom stereocenters. The van der Waals surface area contributed by atoms with Crippen molar-refractivity contribution in [1.29, 1.82) is 0 Å². The van der Waals surface area contributed by atoms with Crippen molar-refractivity contribution in [1.82, 2.24) is 15.0 Å². The van der Waals surface area contributed by atoms with Gasteiger partial charge in [0.1, 0.15) is 0 Å². The van der Waals surface area contributed by atoms with Crippen LogP contribution in [-0.4, -0.2) is 25.9 Å². The second-order valence-corrected chi connectivity index (χ2v) is 10.1. The minimum Gasteiger partial charge on any atom is -0.870 e. The van der Waals surface area contributed by atoms with Gasteiger partial charge in [0.15, 0.2) is 0 Å². The molecule has 0 bridgehead atoms. The molecule has 0 spiro atoms. The quantitative estimate of drug-likeness (QED) is 0.177. The average molecular weight is 826 g/mol. The number of hydrogen-bond acceptors (Lipinski definition) is 6. The van der Waals surface area contributed by atoms with Crippen molar-refractivity contribution in [2.45, 2.75) is 0 Å². The van der Waals surface area contributed by atoms with Crippen molar-refractivity contribution in [3.63, 3.8) is 0 Å². The van der Waals surface area contributed by atoms with Crippen molar-refractivity contribution in [2.75, 3.05) is 0 Å². The van der Waals surface area contributed by atoms with Crippen LogP contribution in [0.4, 0.5) is 0 Å². The number of halogens is 6. The van der Waals surface area contributed by atoms with Gasteiger partial charge in [0.2, 0.25) is 0 Å². The molecule has 3 aromatic heterocycles. The zero-order valence-electron chi connectivity index (χ0n) is 20.7. The first-order chi connectivity index (χ1) is 18.6. The van der Waals surface area contributed by atoms with Crippen LogP contribution in [0, 0.1) is 40.4 Å². The first kappa shape index (κ1) is 38.3. The number of fused-ring (bicyclic) bond motifs is 3. The van der Waals surface area contributed by atoms with E-state index in [4.69, 9.17) is 69.6 Å². The summed E-state index contributed by atoms with van der Waals surface area (Å²) in [4.78, 5) is 11.8. The summed E-state index contributed by atoms with van der Waals surface area (Å²) in [6, 6.07) is 14.7. The maximum absolute atomic E-state index is 11.4. The molecule has 0 aliphatic heterocycles. The van der Waals surface area contributed by atoms with E-state index in [0.717, 1.165) is 0 Å². The Morgan fingerprint density at radius 1 is 0.429 bits per heavy atom. The Kier molecular flexibility index (Phi) is 15.5. The summed E-state index contributed by atoms with van der Waals surface area (Å²) in [7, 11) is 0. The standard InChI is InChI=1S/3C9H5Cl2NO.2H2O.Sm/c3*10-6-4-7(11)9(13)8-5(6)2-1-3-12-8;;;/h3*1-4,13H;2*1H2;/q;;;;;+3/p-3. The van der Waals surface area contributed by atoms with Crippen LogP contribution in [0.15, 0.2) is 73.2 Å². The van der Waals surface area contributed by atoms with E-state index in [0.29, 0.717) is 47.8 Å². The van der Waals surface area contributed by atoms with E-state index >= 15 is 0 Å². The second-order valence-electron chi connectivity index (χ2n) is 7.71. The molecule has 0 amide bonds. The number of pyridine rings is 3. The zero-order chi connectivity index (χ0) is 28.3. The molecular weight excluding hydrogens is 809 g/mol. The molecule has 0 saturated heterocycles. The largest absolute Gasteiger partial charge is 3.00 e. The minimum atomic E-state index is -0.276. The molecule has 1 radical (unpaired) electrons. The Labute approximate surface area is 301 Å². The van der Waals surface area contributed by atoms with Gasteiger partial charge in [0, 0.05) is 49.8 Å². The molecule has 3 aromatic carbocycles. The number of benzene rings is 3. The third kappa shape index (κ3) is 8.47. The van der Waals surface area contributed by atoms with Crippen LogP contribution in [-0.2, 0) is 0 Å². The van der Waals surface area contributed by atoms with E-state index in [1.54, 1.807) is 36.4 Å². The Hall–Kier alpha value is -1.71. The summed E-state index contributed by atoms with van der Waals surface area (Å²) in [6.07, 6.45) is 4.61. The van der Waals surface area contributed by atoms with E-state index in [9.17, 15) is 15.3 Å². The van der Waals surface area contributed by atoms with E-state index in [1.807, 2.05) is 0 Å². The van der Waals surface area contributed by atoms with Crippen molar-refractivity contribution in [3.05, 3.63) is 103 Å². The molecule has 0 atom stereocenters. The number of hydrogen-bond donors (Lipinski definition) is 0. The van der Waals surface area contributed by atoms with Gasteiger partial charge in [0.25, 0.3) is 0 Å². The molecule has 4 N–H and O–H groups in total. The smallest absolute Gasteiger partial charge is 0.870 e. The van der Waals surface area contributed by atoms with Crippen LogP contribution < -0.4 is 15.3 Å². The molecule has 8 nitrogen and oxygen atoms in total. The Morgan fingerprint density at radius 3 is 0.905 bits per heavy atom. The van der Waals surface area contributed by atoms with Gasteiger partial charge >= 0.3 is 40.4 Å². The van der Waals surface area contributed by atoms with Gasteiger partial charge in [0.05, 0.1) is 31.6 Å². The monoisotopic (exact) mass is 824 g/mol. The van der Waals surface area contributed by atoms with Gasteiger partial charge in [-0.15, -0.1) is 0 Å². The van der Waals surface area contributed by atoms with E-state index in [1.165, 1.54) is 36.8 Å². The molecule has 217 valence electrons. The Bertz CT molecular complexity index is 1640.